The van der Waals surface area contributed by atoms with Gasteiger partial charge in [0.2, 0.25) is 0 Å². The van der Waals surface area contributed by atoms with Gasteiger partial charge in [-0.05, 0) is 12.0 Å². The Kier molecular flexibility index (Phi) is 8.51. The molecule has 0 heterocycles. The largest absolute Gasteiger partial charge is 0.326 e. The summed E-state index contributed by atoms with van der Waals surface area (Å²) in [5.74, 6) is 0. The minimum Gasteiger partial charge on any atom is -0.326 e. The summed E-state index contributed by atoms with van der Waals surface area (Å²) in [7, 11) is 0. The molecule has 0 bridgehead atoms. The maximum absolute atomic E-state index is 5.35. The highest BCUT2D eigenvalue weighted by Gasteiger charge is 1.80. The highest BCUT2D eigenvalue weighted by molar-refractivity contribution is 9.09. The van der Waals surface area contributed by atoms with Gasteiger partial charge in [0, 0.05) is 11.9 Å². The van der Waals surface area contributed by atoms with Gasteiger partial charge in [0.15, 0.2) is 0 Å². The zero-order valence-electron chi connectivity index (χ0n) is 7.46. The molecule has 0 atom stereocenters. The normalized spacial score (nSPS) is 8.58. The molecule has 68 valence electrons. The number of hydrogen-bond donors (Lipinski definition) is 1. The van der Waals surface area contributed by atoms with Crippen LogP contribution >= 0.6 is 15.9 Å². The van der Waals surface area contributed by atoms with Crippen LogP contribution in [0.5, 0.6) is 0 Å². The van der Waals surface area contributed by atoms with Crippen molar-refractivity contribution in [1.82, 2.24) is 0 Å². The molecule has 0 aromatic heterocycles. The van der Waals surface area contributed by atoms with Crippen LogP contribution < -0.4 is 5.73 Å². The summed E-state index contributed by atoms with van der Waals surface area (Å²) in [6.07, 6.45) is 1.24. The molecule has 2 heteroatoms. The van der Waals surface area contributed by atoms with E-state index in [0.717, 1.165) is 5.33 Å². The minimum atomic E-state index is 0.640. The van der Waals surface area contributed by atoms with Crippen LogP contribution in [0.1, 0.15) is 18.9 Å². The fraction of sp³-hybridized carbons (Fsp3) is 0.400. The van der Waals surface area contributed by atoms with Crippen LogP contribution in [0.25, 0.3) is 0 Å². The van der Waals surface area contributed by atoms with Gasteiger partial charge in [-0.25, -0.2) is 0 Å². The first-order valence-corrected chi connectivity index (χ1v) is 5.27. The summed E-state index contributed by atoms with van der Waals surface area (Å²) < 4.78 is 0. The predicted molar refractivity (Wildman–Crippen MR) is 58.4 cm³/mol. The number of rotatable bonds is 2. The molecule has 12 heavy (non-hydrogen) atoms. The molecule has 2 N–H and O–H groups in total. The summed E-state index contributed by atoms with van der Waals surface area (Å²) in [6.45, 7) is 2.77. The summed E-state index contributed by atoms with van der Waals surface area (Å²) in [6, 6.07) is 9.99. The van der Waals surface area contributed by atoms with Crippen LogP contribution in [0.4, 0.5) is 0 Å². The van der Waals surface area contributed by atoms with Crippen molar-refractivity contribution in [3.63, 3.8) is 0 Å². The Hall–Kier alpha value is -0.340. The van der Waals surface area contributed by atoms with E-state index in [4.69, 9.17) is 5.73 Å². The lowest BCUT2D eigenvalue weighted by atomic mass is 10.2. The number of halogens is 1. The van der Waals surface area contributed by atoms with Crippen LogP contribution in [0.2, 0.25) is 0 Å². The molecule has 0 spiro atoms. The van der Waals surface area contributed by atoms with Gasteiger partial charge in [-0.15, -0.1) is 0 Å². The third-order valence-corrected chi connectivity index (χ3v) is 2.06. The Morgan fingerprint density at radius 1 is 1.25 bits per heavy atom. The van der Waals surface area contributed by atoms with Crippen LogP contribution in [0.15, 0.2) is 30.3 Å². The van der Waals surface area contributed by atoms with Crippen molar-refractivity contribution in [3.05, 3.63) is 35.9 Å². The lowest BCUT2D eigenvalue weighted by Gasteiger charge is -1.90. The van der Waals surface area contributed by atoms with E-state index in [-0.39, 0.29) is 0 Å². The molecule has 0 aliphatic heterocycles. The number of alkyl halides is 1. The lowest BCUT2D eigenvalue weighted by molar-refractivity contribution is 1.07. The molecule has 0 fully saturated rings. The van der Waals surface area contributed by atoms with Gasteiger partial charge in [-0.3, -0.25) is 0 Å². The second-order valence-electron chi connectivity index (χ2n) is 2.38. The van der Waals surface area contributed by atoms with Gasteiger partial charge in [0.05, 0.1) is 0 Å². The first-order chi connectivity index (χ1) is 5.85. The van der Waals surface area contributed by atoms with Crippen LogP contribution in [-0.2, 0) is 6.54 Å². The van der Waals surface area contributed by atoms with E-state index in [9.17, 15) is 0 Å². The molecule has 0 radical (unpaired) electrons. The standard InChI is InChI=1S/C7H9N.C3H7Br/c8-6-7-4-2-1-3-5-7;1-2-3-4/h1-5H,6,8H2;2-3H2,1H3. The van der Waals surface area contributed by atoms with E-state index < -0.39 is 0 Å². The van der Waals surface area contributed by atoms with Crippen molar-refractivity contribution in [1.29, 1.82) is 0 Å². The van der Waals surface area contributed by atoms with E-state index in [1.807, 2.05) is 30.3 Å². The van der Waals surface area contributed by atoms with E-state index in [1.54, 1.807) is 0 Å². The van der Waals surface area contributed by atoms with Crippen molar-refractivity contribution < 1.29 is 0 Å². The highest BCUT2D eigenvalue weighted by atomic mass is 79.9. The maximum atomic E-state index is 5.35. The smallest absolute Gasteiger partial charge is 0.0178 e. The molecule has 0 unspecified atom stereocenters. The fourth-order valence-corrected chi connectivity index (χ4v) is 0.614. The van der Waals surface area contributed by atoms with E-state index in [1.165, 1.54) is 12.0 Å². The van der Waals surface area contributed by atoms with Crippen LogP contribution in [0, 0.1) is 0 Å². The van der Waals surface area contributed by atoms with Crippen molar-refractivity contribution in [3.8, 4) is 0 Å². The monoisotopic (exact) mass is 229 g/mol. The lowest BCUT2D eigenvalue weighted by Crippen LogP contribution is -1.94. The van der Waals surface area contributed by atoms with E-state index in [0.29, 0.717) is 6.54 Å². The van der Waals surface area contributed by atoms with E-state index >= 15 is 0 Å². The van der Waals surface area contributed by atoms with Gasteiger partial charge in [-0.2, -0.15) is 0 Å². The van der Waals surface area contributed by atoms with Gasteiger partial charge in [0.1, 0.15) is 0 Å². The van der Waals surface area contributed by atoms with Gasteiger partial charge >= 0.3 is 0 Å². The Bertz CT molecular complexity index is 172. The second-order valence-corrected chi connectivity index (χ2v) is 3.17. The SMILES string of the molecule is CCCBr.NCc1ccccc1. The minimum absolute atomic E-state index is 0.640. The van der Waals surface area contributed by atoms with Crippen molar-refractivity contribution >= 4 is 15.9 Å². The Morgan fingerprint density at radius 3 is 2.00 bits per heavy atom. The molecular weight excluding hydrogens is 214 g/mol. The molecule has 0 saturated carbocycles. The third-order valence-electron chi connectivity index (χ3n) is 1.27. The molecule has 1 aromatic carbocycles. The van der Waals surface area contributed by atoms with Crippen LogP contribution in [-0.4, -0.2) is 5.33 Å². The molecule has 1 rings (SSSR count). The Labute approximate surface area is 83.1 Å². The Morgan fingerprint density at radius 2 is 1.75 bits per heavy atom. The first-order valence-electron chi connectivity index (χ1n) is 4.15. The molecule has 1 nitrogen and oxygen atoms in total. The van der Waals surface area contributed by atoms with Crippen molar-refractivity contribution in [2.75, 3.05) is 5.33 Å². The number of benzene rings is 1. The first kappa shape index (κ1) is 11.7. The van der Waals surface area contributed by atoms with Gasteiger partial charge < -0.3 is 5.73 Å². The molecule has 0 aliphatic rings. The van der Waals surface area contributed by atoms with Crippen molar-refractivity contribution in [2.45, 2.75) is 19.9 Å². The fourth-order valence-electron chi connectivity index (χ4n) is 0.614. The van der Waals surface area contributed by atoms with Gasteiger partial charge in [-0.1, -0.05) is 53.2 Å². The summed E-state index contributed by atoms with van der Waals surface area (Å²) in [4.78, 5) is 0. The average Bonchev–Trinajstić information content (AvgIpc) is 2.19. The summed E-state index contributed by atoms with van der Waals surface area (Å²) in [5.41, 5.74) is 6.54. The zero-order chi connectivity index (χ0) is 9.23. The van der Waals surface area contributed by atoms with E-state index in [2.05, 4.69) is 22.9 Å². The average molecular weight is 230 g/mol. The molecule has 1 aromatic rings. The molecular formula is C10H16BrN. The summed E-state index contributed by atoms with van der Waals surface area (Å²) >= 11 is 3.25. The third kappa shape index (κ3) is 6.38. The molecule has 0 amide bonds. The number of hydrogen-bond acceptors (Lipinski definition) is 1. The van der Waals surface area contributed by atoms with Gasteiger partial charge in [0.25, 0.3) is 0 Å². The summed E-state index contributed by atoms with van der Waals surface area (Å²) in [5, 5.41) is 1.13. The molecule has 0 saturated heterocycles. The quantitative estimate of drug-likeness (QED) is 0.776. The van der Waals surface area contributed by atoms with Crippen LogP contribution in [0.3, 0.4) is 0 Å². The highest BCUT2D eigenvalue weighted by Crippen LogP contribution is 1.94. The predicted octanol–water partition coefficient (Wildman–Crippen LogP) is 2.94. The molecule has 0 aliphatic carbocycles. The number of nitrogens with two attached hydrogens (primary N) is 1. The Balaban J connectivity index is 0.000000261. The van der Waals surface area contributed by atoms with Crippen molar-refractivity contribution in [2.24, 2.45) is 5.73 Å². The zero-order valence-corrected chi connectivity index (χ0v) is 9.05. The maximum Gasteiger partial charge on any atom is 0.0178 e. The topological polar surface area (TPSA) is 26.0 Å². The second kappa shape index (κ2) is 8.75.